The van der Waals surface area contributed by atoms with Crippen LogP contribution in [-0.2, 0) is 0 Å². The zero-order valence-electron chi connectivity index (χ0n) is 8.02. The Morgan fingerprint density at radius 3 is 2.27 bits per heavy atom. The first kappa shape index (κ1) is 10.9. The van der Waals surface area contributed by atoms with E-state index < -0.39 is 5.60 Å². The van der Waals surface area contributed by atoms with Crippen LogP contribution in [0.5, 0.6) is 0 Å². The van der Waals surface area contributed by atoms with Crippen molar-refractivity contribution in [1.29, 1.82) is 0 Å². The molecule has 0 radical (unpaired) electrons. The lowest BCUT2D eigenvalue weighted by Crippen LogP contribution is -2.37. The van der Waals surface area contributed by atoms with Gasteiger partial charge in [-0.15, -0.1) is 0 Å². The van der Waals surface area contributed by atoms with Crippen LogP contribution in [0, 0.1) is 0 Å². The van der Waals surface area contributed by atoms with E-state index in [1.54, 1.807) is 13.8 Å². The van der Waals surface area contributed by atoms with Crippen molar-refractivity contribution in [3.63, 3.8) is 0 Å². The summed E-state index contributed by atoms with van der Waals surface area (Å²) in [6.07, 6.45) is 0. The molecule has 0 saturated carbocycles. The smallest absolute Gasteiger partial charge is 0.0715 e. The van der Waals surface area contributed by atoms with Gasteiger partial charge in [-0.2, -0.15) is 0 Å². The summed E-state index contributed by atoms with van der Waals surface area (Å²) in [5, 5.41) is 12.5. The first-order valence-electron chi connectivity index (χ1n) is 3.99. The van der Waals surface area contributed by atoms with E-state index >= 15 is 0 Å². The van der Waals surface area contributed by atoms with Crippen molar-refractivity contribution in [2.45, 2.75) is 19.4 Å². The minimum Gasteiger partial charge on any atom is -0.389 e. The highest BCUT2D eigenvalue weighted by molar-refractivity contribution is 4.68. The molecule has 0 aromatic carbocycles. The maximum atomic E-state index is 9.31. The van der Waals surface area contributed by atoms with Crippen LogP contribution in [0.1, 0.15) is 13.8 Å². The molecule has 68 valence electrons. The Balaban J connectivity index is 3.15. The molecular weight excluding hydrogens is 140 g/mol. The molecule has 0 amide bonds. The Labute approximate surface area is 69.4 Å². The normalized spacial score (nSPS) is 12.5. The fourth-order valence-electron chi connectivity index (χ4n) is 0.697. The molecule has 0 unspecified atom stereocenters. The molecular formula is C8H20N2O. The minimum atomic E-state index is -0.591. The van der Waals surface area contributed by atoms with Crippen molar-refractivity contribution in [3.8, 4) is 0 Å². The van der Waals surface area contributed by atoms with Gasteiger partial charge in [0, 0.05) is 19.6 Å². The number of hydrogen-bond donors (Lipinski definition) is 2. The first-order chi connectivity index (χ1) is 4.92. The second kappa shape index (κ2) is 4.70. The molecule has 0 aromatic rings. The summed E-state index contributed by atoms with van der Waals surface area (Å²) in [5.74, 6) is 0. The lowest BCUT2D eigenvalue weighted by Gasteiger charge is -2.18. The average molecular weight is 160 g/mol. The topological polar surface area (TPSA) is 35.5 Å². The van der Waals surface area contributed by atoms with Gasteiger partial charge >= 0.3 is 0 Å². The predicted molar refractivity (Wildman–Crippen MR) is 47.7 cm³/mol. The second-order valence-corrected chi connectivity index (χ2v) is 3.79. The van der Waals surface area contributed by atoms with E-state index in [4.69, 9.17) is 0 Å². The SMILES string of the molecule is CN(C)CCNCC(C)(C)O. The Morgan fingerprint density at radius 2 is 1.91 bits per heavy atom. The molecule has 3 nitrogen and oxygen atoms in total. The van der Waals surface area contributed by atoms with E-state index in [0.29, 0.717) is 6.54 Å². The van der Waals surface area contributed by atoms with E-state index in [0.717, 1.165) is 13.1 Å². The third kappa shape index (κ3) is 9.88. The summed E-state index contributed by atoms with van der Waals surface area (Å²) in [5.41, 5.74) is -0.591. The van der Waals surface area contributed by atoms with Gasteiger partial charge in [-0.05, 0) is 27.9 Å². The van der Waals surface area contributed by atoms with Crippen LogP contribution < -0.4 is 5.32 Å². The molecule has 3 heteroatoms. The van der Waals surface area contributed by atoms with Gasteiger partial charge in [0.25, 0.3) is 0 Å². The highest BCUT2D eigenvalue weighted by Crippen LogP contribution is 1.96. The molecule has 0 aliphatic carbocycles. The van der Waals surface area contributed by atoms with Gasteiger partial charge in [0.05, 0.1) is 5.60 Å². The van der Waals surface area contributed by atoms with Crippen molar-refractivity contribution in [3.05, 3.63) is 0 Å². The molecule has 0 atom stereocenters. The predicted octanol–water partition coefficient (Wildman–Crippen LogP) is -0.0915. The summed E-state index contributed by atoms with van der Waals surface area (Å²) in [7, 11) is 4.07. The number of rotatable bonds is 5. The van der Waals surface area contributed by atoms with Crippen LogP contribution in [0.4, 0.5) is 0 Å². The zero-order chi connectivity index (χ0) is 8.91. The Kier molecular flexibility index (Phi) is 4.65. The molecule has 0 aliphatic heterocycles. The standard InChI is InChI=1S/C8H20N2O/c1-8(2,11)7-9-5-6-10(3)4/h9,11H,5-7H2,1-4H3. The molecule has 11 heavy (non-hydrogen) atoms. The summed E-state index contributed by atoms with van der Waals surface area (Å²) in [4.78, 5) is 2.11. The van der Waals surface area contributed by atoms with Gasteiger partial charge in [-0.1, -0.05) is 0 Å². The molecule has 0 saturated heterocycles. The summed E-state index contributed by atoms with van der Waals surface area (Å²) in [6.45, 7) is 6.19. The molecule has 0 fully saturated rings. The minimum absolute atomic E-state index is 0.591. The van der Waals surface area contributed by atoms with Crippen LogP contribution in [0.15, 0.2) is 0 Å². The van der Waals surface area contributed by atoms with Crippen LogP contribution >= 0.6 is 0 Å². The Bertz CT molecular complexity index is 96.8. The zero-order valence-corrected chi connectivity index (χ0v) is 8.02. The van der Waals surface area contributed by atoms with Crippen molar-refractivity contribution >= 4 is 0 Å². The maximum absolute atomic E-state index is 9.31. The highest BCUT2D eigenvalue weighted by atomic mass is 16.3. The number of nitrogens with one attached hydrogen (secondary N) is 1. The maximum Gasteiger partial charge on any atom is 0.0715 e. The van der Waals surface area contributed by atoms with Crippen LogP contribution in [0.25, 0.3) is 0 Å². The second-order valence-electron chi connectivity index (χ2n) is 3.79. The van der Waals surface area contributed by atoms with E-state index in [2.05, 4.69) is 10.2 Å². The quantitative estimate of drug-likeness (QED) is 0.552. The number of nitrogens with zero attached hydrogens (tertiary/aromatic N) is 1. The van der Waals surface area contributed by atoms with Gasteiger partial charge in [-0.25, -0.2) is 0 Å². The van der Waals surface area contributed by atoms with Crippen molar-refractivity contribution in [1.82, 2.24) is 10.2 Å². The van der Waals surface area contributed by atoms with Crippen molar-refractivity contribution < 1.29 is 5.11 Å². The molecule has 0 rings (SSSR count). The van der Waals surface area contributed by atoms with E-state index in [9.17, 15) is 5.11 Å². The van der Waals surface area contributed by atoms with Gasteiger partial charge in [-0.3, -0.25) is 0 Å². The molecule has 0 aliphatic rings. The monoisotopic (exact) mass is 160 g/mol. The lowest BCUT2D eigenvalue weighted by atomic mass is 10.1. The number of hydrogen-bond acceptors (Lipinski definition) is 3. The molecule has 0 heterocycles. The summed E-state index contributed by atoms with van der Waals surface area (Å²) >= 11 is 0. The Hall–Kier alpha value is -0.120. The largest absolute Gasteiger partial charge is 0.389 e. The molecule has 0 bridgehead atoms. The molecule has 2 N–H and O–H groups in total. The van der Waals surface area contributed by atoms with Gasteiger partial charge in [0.2, 0.25) is 0 Å². The van der Waals surface area contributed by atoms with Crippen molar-refractivity contribution in [2.75, 3.05) is 33.7 Å². The first-order valence-corrected chi connectivity index (χ1v) is 3.99. The third-order valence-electron chi connectivity index (χ3n) is 1.29. The average Bonchev–Trinajstić information content (AvgIpc) is 1.78. The highest BCUT2D eigenvalue weighted by Gasteiger charge is 2.10. The van der Waals surface area contributed by atoms with Gasteiger partial charge < -0.3 is 15.3 Å². The number of aliphatic hydroxyl groups is 1. The third-order valence-corrected chi connectivity index (χ3v) is 1.29. The number of likely N-dealkylation sites (N-methyl/N-ethyl adjacent to an activating group) is 1. The lowest BCUT2D eigenvalue weighted by molar-refractivity contribution is 0.0795. The van der Waals surface area contributed by atoms with Gasteiger partial charge in [0.15, 0.2) is 0 Å². The fourth-order valence-corrected chi connectivity index (χ4v) is 0.697. The van der Waals surface area contributed by atoms with Crippen molar-refractivity contribution in [2.24, 2.45) is 0 Å². The van der Waals surface area contributed by atoms with Crippen LogP contribution in [0.3, 0.4) is 0 Å². The van der Waals surface area contributed by atoms with E-state index in [-0.39, 0.29) is 0 Å². The van der Waals surface area contributed by atoms with Crippen LogP contribution in [0.2, 0.25) is 0 Å². The Morgan fingerprint density at radius 1 is 1.36 bits per heavy atom. The van der Waals surface area contributed by atoms with E-state index in [1.807, 2.05) is 14.1 Å². The van der Waals surface area contributed by atoms with Crippen LogP contribution in [-0.4, -0.2) is 49.3 Å². The fraction of sp³-hybridized carbons (Fsp3) is 1.00. The molecule has 0 spiro atoms. The van der Waals surface area contributed by atoms with E-state index in [1.165, 1.54) is 0 Å². The molecule has 0 aromatic heterocycles. The summed E-state index contributed by atoms with van der Waals surface area (Å²) in [6, 6.07) is 0. The van der Waals surface area contributed by atoms with Gasteiger partial charge in [0.1, 0.15) is 0 Å². The summed E-state index contributed by atoms with van der Waals surface area (Å²) < 4.78 is 0.